The molecule has 0 heterocycles. The van der Waals surface area contributed by atoms with E-state index in [0.29, 0.717) is 0 Å². The molecule has 1 aromatic carbocycles. The fourth-order valence-corrected chi connectivity index (χ4v) is 0.943. The van der Waals surface area contributed by atoms with Gasteiger partial charge in [0.1, 0.15) is 5.82 Å². The molecule has 0 radical (unpaired) electrons. The highest BCUT2D eigenvalue weighted by Crippen LogP contribution is 2.03. The van der Waals surface area contributed by atoms with Crippen molar-refractivity contribution in [3.8, 4) is 0 Å². The van der Waals surface area contributed by atoms with Gasteiger partial charge in [-0.05, 0) is 24.7 Å². The van der Waals surface area contributed by atoms with Crippen molar-refractivity contribution < 1.29 is 4.39 Å². The molecule has 0 aliphatic rings. The maximum atomic E-state index is 12.5. The summed E-state index contributed by atoms with van der Waals surface area (Å²) in [6.07, 6.45) is 0. The van der Waals surface area contributed by atoms with Gasteiger partial charge in [-0.3, -0.25) is 5.43 Å². The van der Waals surface area contributed by atoms with E-state index in [0.717, 1.165) is 12.1 Å². The molecule has 0 saturated heterocycles. The number of rotatable bonds is 3. The lowest BCUT2D eigenvalue weighted by molar-refractivity contribution is 0.251. The summed E-state index contributed by atoms with van der Waals surface area (Å²) in [7, 11) is 3.78. The second-order valence-electron chi connectivity index (χ2n) is 2.71. The largest absolute Gasteiger partial charge is 0.258 e. The molecule has 0 spiro atoms. The van der Waals surface area contributed by atoms with E-state index in [1.165, 1.54) is 12.1 Å². The van der Waals surface area contributed by atoms with Crippen LogP contribution >= 0.6 is 0 Å². The zero-order valence-electron chi connectivity index (χ0n) is 7.34. The SMILES string of the molecule is CNN(C)Cc1ccc(F)cc1. The normalized spacial score (nSPS) is 10.7. The molecule has 0 saturated carbocycles. The standard InChI is InChI=1S/C9H13FN2/c1-11-12(2)7-8-3-5-9(10)6-4-8/h3-6,11H,7H2,1-2H3. The average Bonchev–Trinajstić information content (AvgIpc) is 2.09. The van der Waals surface area contributed by atoms with Crippen LogP contribution in [0, 0.1) is 5.82 Å². The fourth-order valence-electron chi connectivity index (χ4n) is 0.943. The predicted molar refractivity (Wildman–Crippen MR) is 46.9 cm³/mol. The molecule has 12 heavy (non-hydrogen) atoms. The second kappa shape index (κ2) is 4.18. The van der Waals surface area contributed by atoms with Crippen molar-refractivity contribution >= 4 is 0 Å². The van der Waals surface area contributed by atoms with Gasteiger partial charge in [0, 0.05) is 13.6 Å². The summed E-state index contributed by atoms with van der Waals surface area (Å²) >= 11 is 0. The highest BCUT2D eigenvalue weighted by molar-refractivity contribution is 5.15. The van der Waals surface area contributed by atoms with Crippen LogP contribution < -0.4 is 5.43 Å². The van der Waals surface area contributed by atoms with Crippen molar-refractivity contribution in [2.75, 3.05) is 14.1 Å². The van der Waals surface area contributed by atoms with E-state index in [9.17, 15) is 4.39 Å². The van der Waals surface area contributed by atoms with E-state index in [1.54, 1.807) is 12.1 Å². The van der Waals surface area contributed by atoms with Crippen LogP contribution in [0.1, 0.15) is 5.56 Å². The molecule has 1 N–H and O–H groups in total. The van der Waals surface area contributed by atoms with Gasteiger partial charge in [-0.25, -0.2) is 9.40 Å². The summed E-state index contributed by atoms with van der Waals surface area (Å²) in [6.45, 7) is 0.775. The van der Waals surface area contributed by atoms with Gasteiger partial charge in [-0.2, -0.15) is 0 Å². The smallest absolute Gasteiger partial charge is 0.123 e. The molecule has 3 heteroatoms. The lowest BCUT2D eigenvalue weighted by atomic mass is 10.2. The molecular formula is C9H13FN2. The highest BCUT2D eigenvalue weighted by atomic mass is 19.1. The van der Waals surface area contributed by atoms with E-state index in [2.05, 4.69) is 5.43 Å². The quantitative estimate of drug-likeness (QED) is 0.686. The summed E-state index contributed by atoms with van der Waals surface area (Å²) in [5.74, 6) is -0.189. The lowest BCUT2D eigenvalue weighted by Gasteiger charge is -2.14. The molecule has 2 nitrogen and oxygen atoms in total. The summed E-state index contributed by atoms with van der Waals surface area (Å²) in [4.78, 5) is 0. The van der Waals surface area contributed by atoms with Crippen LogP contribution in [0.3, 0.4) is 0 Å². The third-order valence-electron chi connectivity index (χ3n) is 1.71. The van der Waals surface area contributed by atoms with Crippen molar-refractivity contribution in [1.29, 1.82) is 0 Å². The van der Waals surface area contributed by atoms with Crippen LogP contribution in [-0.4, -0.2) is 19.1 Å². The fraction of sp³-hybridized carbons (Fsp3) is 0.333. The summed E-state index contributed by atoms with van der Waals surface area (Å²) in [5.41, 5.74) is 4.06. The van der Waals surface area contributed by atoms with Crippen LogP contribution in [0.15, 0.2) is 24.3 Å². The van der Waals surface area contributed by atoms with Crippen LogP contribution in [0.2, 0.25) is 0 Å². The van der Waals surface area contributed by atoms with Gasteiger partial charge < -0.3 is 0 Å². The third kappa shape index (κ3) is 2.60. The molecule has 0 aromatic heterocycles. The Balaban J connectivity index is 2.58. The van der Waals surface area contributed by atoms with Crippen molar-refractivity contribution in [1.82, 2.24) is 10.4 Å². The number of hydrogen-bond donors (Lipinski definition) is 1. The molecule has 66 valence electrons. The molecule has 0 bridgehead atoms. The topological polar surface area (TPSA) is 15.3 Å². The van der Waals surface area contributed by atoms with Crippen molar-refractivity contribution in [2.45, 2.75) is 6.54 Å². The molecule has 1 rings (SSSR count). The zero-order chi connectivity index (χ0) is 8.97. The number of nitrogens with one attached hydrogen (secondary N) is 1. The maximum absolute atomic E-state index is 12.5. The minimum atomic E-state index is -0.189. The minimum Gasteiger partial charge on any atom is -0.258 e. The number of halogens is 1. The van der Waals surface area contributed by atoms with Gasteiger partial charge in [0.05, 0.1) is 0 Å². The third-order valence-corrected chi connectivity index (χ3v) is 1.71. The molecule has 0 aliphatic heterocycles. The number of hydrogen-bond acceptors (Lipinski definition) is 2. The van der Waals surface area contributed by atoms with E-state index in [4.69, 9.17) is 0 Å². The minimum absolute atomic E-state index is 0.189. The van der Waals surface area contributed by atoms with Crippen LogP contribution in [0.5, 0.6) is 0 Å². The van der Waals surface area contributed by atoms with Gasteiger partial charge in [0.2, 0.25) is 0 Å². The maximum Gasteiger partial charge on any atom is 0.123 e. The summed E-state index contributed by atoms with van der Waals surface area (Å²) < 4.78 is 12.5. The average molecular weight is 168 g/mol. The van der Waals surface area contributed by atoms with Gasteiger partial charge in [-0.15, -0.1) is 0 Å². The number of benzene rings is 1. The Morgan fingerprint density at radius 2 is 1.92 bits per heavy atom. The monoisotopic (exact) mass is 168 g/mol. The first kappa shape index (κ1) is 9.16. The predicted octanol–water partition coefficient (Wildman–Crippen LogP) is 1.39. The molecular weight excluding hydrogens is 155 g/mol. The highest BCUT2D eigenvalue weighted by Gasteiger charge is 1.96. The Morgan fingerprint density at radius 3 is 2.42 bits per heavy atom. The van der Waals surface area contributed by atoms with Crippen molar-refractivity contribution in [3.05, 3.63) is 35.6 Å². The number of hydrazine groups is 1. The molecule has 0 aliphatic carbocycles. The first-order valence-corrected chi connectivity index (χ1v) is 3.85. The second-order valence-corrected chi connectivity index (χ2v) is 2.71. The van der Waals surface area contributed by atoms with Crippen molar-refractivity contribution in [3.63, 3.8) is 0 Å². The Kier molecular flexibility index (Phi) is 3.19. The zero-order valence-corrected chi connectivity index (χ0v) is 7.34. The molecule has 0 amide bonds. The summed E-state index contributed by atoms with van der Waals surface area (Å²) in [5, 5.41) is 1.92. The van der Waals surface area contributed by atoms with Gasteiger partial charge >= 0.3 is 0 Å². The van der Waals surface area contributed by atoms with Gasteiger partial charge in [0.15, 0.2) is 0 Å². The van der Waals surface area contributed by atoms with Crippen LogP contribution in [0.4, 0.5) is 4.39 Å². The molecule has 0 atom stereocenters. The van der Waals surface area contributed by atoms with E-state index < -0.39 is 0 Å². The Labute approximate surface area is 72.0 Å². The number of nitrogens with zero attached hydrogens (tertiary/aromatic N) is 1. The van der Waals surface area contributed by atoms with Crippen LogP contribution in [0.25, 0.3) is 0 Å². The Hall–Kier alpha value is -0.930. The van der Waals surface area contributed by atoms with E-state index in [-0.39, 0.29) is 5.82 Å². The van der Waals surface area contributed by atoms with E-state index in [1.807, 2.05) is 19.1 Å². The Morgan fingerprint density at radius 1 is 1.33 bits per heavy atom. The first-order valence-electron chi connectivity index (χ1n) is 3.85. The molecule has 0 unspecified atom stereocenters. The van der Waals surface area contributed by atoms with E-state index >= 15 is 0 Å². The molecule has 1 aromatic rings. The molecule has 0 fully saturated rings. The van der Waals surface area contributed by atoms with Gasteiger partial charge in [0.25, 0.3) is 0 Å². The Bertz CT molecular complexity index is 233. The van der Waals surface area contributed by atoms with Crippen LogP contribution in [-0.2, 0) is 6.54 Å². The first-order chi connectivity index (χ1) is 5.72. The van der Waals surface area contributed by atoms with Crippen molar-refractivity contribution in [2.24, 2.45) is 0 Å². The van der Waals surface area contributed by atoms with Gasteiger partial charge in [-0.1, -0.05) is 12.1 Å². The summed E-state index contributed by atoms with van der Waals surface area (Å²) in [6, 6.07) is 6.50. The lowest BCUT2D eigenvalue weighted by Crippen LogP contribution is -2.29.